The molecule has 4 heterocycles. The lowest BCUT2D eigenvalue weighted by atomic mass is 9.87. The molecule has 48 heavy (non-hydrogen) atoms. The van der Waals surface area contributed by atoms with Crippen LogP contribution in [0.5, 0.6) is 11.8 Å². The molecule has 2 aliphatic rings. The Kier molecular flexibility index (Phi) is 9.13. The normalized spacial score (nSPS) is 17.5. The van der Waals surface area contributed by atoms with Crippen LogP contribution < -0.4 is 15.4 Å². The fourth-order valence-corrected chi connectivity index (χ4v) is 12.7. The summed E-state index contributed by atoms with van der Waals surface area (Å²) < 4.78 is 44.1. The number of aromatic nitrogens is 3. The van der Waals surface area contributed by atoms with Crippen LogP contribution in [0, 0.1) is 28.5 Å². The number of ether oxygens (including phenoxy) is 2. The molecule has 254 valence electrons. The first-order valence-corrected chi connectivity index (χ1v) is 19.1. The number of phenols is 1. The van der Waals surface area contributed by atoms with E-state index in [1.165, 1.54) is 18.3 Å². The summed E-state index contributed by atoms with van der Waals surface area (Å²) in [6.45, 7) is 17.6. The lowest BCUT2D eigenvalue weighted by molar-refractivity contribution is -0.126. The van der Waals surface area contributed by atoms with Gasteiger partial charge in [-0.05, 0) is 53.6 Å². The fraction of sp³-hybridized carbons (Fsp3) is 0.486. The van der Waals surface area contributed by atoms with Crippen LogP contribution in [0.1, 0.15) is 60.5 Å². The second-order valence-corrected chi connectivity index (χ2v) is 20.1. The lowest BCUT2D eigenvalue weighted by Crippen LogP contribution is -2.52. The number of nitrogens with two attached hydrogens (primary N) is 1. The van der Waals surface area contributed by atoms with Crippen molar-refractivity contribution < 1.29 is 23.4 Å². The van der Waals surface area contributed by atoms with Crippen molar-refractivity contribution in [1.82, 2.24) is 15.0 Å². The molecule has 1 atom stereocenters. The molecule has 0 aliphatic carbocycles. The second kappa shape index (κ2) is 12.9. The van der Waals surface area contributed by atoms with Crippen LogP contribution in [0.25, 0.3) is 32.9 Å². The molecule has 2 aromatic heterocycles. The summed E-state index contributed by atoms with van der Waals surface area (Å²) in [6, 6.07) is 6.10. The lowest BCUT2D eigenvalue weighted by Gasteiger charge is -2.40. The quantitative estimate of drug-likeness (QED) is 0.140. The number of fused-ring (bicyclic) bond motifs is 2. The Labute approximate surface area is 282 Å². The van der Waals surface area contributed by atoms with Crippen LogP contribution in [0.2, 0.25) is 16.6 Å². The van der Waals surface area contributed by atoms with E-state index in [0.29, 0.717) is 58.4 Å². The maximum Gasteiger partial charge on any atom is 0.317 e. The van der Waals surface area contributed by atoms with E-state index >= 15 is 8.78 Å². The number of hydrogen-bond donors (Lipinski definition) is 2. The molecule has 0 unspecified atom stereocenters. The summed E-state index contributed by atoms with van der Waals surface area (Å²) >= 11 is 0. The number of phenolic OH excluding ortho intramolecular Hbond substituents is 1. The number of rotatable bonds is 9. The van der Waals surface area contributed by atoms with E-state index in [1.54, 1.807) is 12.1 Å². The van der Waals surface area contributed by atoms with Gasteiger partial charge in [0.2, 0.25) is 0 Å². The maximum atomic E-state index is 16.9. The molecular formula is C37H45F2N5O3Si. The summed E-state index contributed by atoms with van der Waals surface area (Å²) in [7, 11) is -2.25. The average Bonchev–Trinajstić information content (AvgIpc) is 3.01. The monoisotopic (exact) mass is 673 g/mol. The van der Waals surface area contributed by atoms with Gasteiger partial charge in [0, 0.05) is 36.3 Å². The topological polar surface area (TPSA) is 107 Å². The number of pyridine rings is 1. The van der Waals surface area contributed by atoms with E-state index in [2.05, 4.69) is 74.8 Å². The van der Waals surface area contributed by atoms with Crippen LogP contribution >= 0.6 is 0 Å². The molecule has 0 amide bonds. The molecule has 2 saturated heterocycles. The number of aromatic hydroxyl groups is 1. The fourth-order valence-electron chi connectivity index (χ4n) is 7.53. The van der Waals surface area contributed by atoms with Crippen LogP contribution in [-0.4, -0.2) is 67.1 Å². The maximum absolute atomic E-state index is 16.9. The molecule has 0 radical (unpaired) electrons. The highest BCUT2D eigenvalue weighted by Gasteiger charge is 2.42. The summed E-state index contributed by atoms with van der Waals surface area (Å²) in [6.07, 6.45) is 2.49. The Morgan fingerprint density at radius 1 is 1.10 bits per heavy atom. The number of anilines is 1. The standard InChI is InChI=1S/C37H45F2N5O3Si/c1-21(2)48(22(3)4,23(5)6)13-11-27-30(38)9-8-25-14-26(45)15-28(31(25)27)33-32(39)34-29(35(42-33)44-12-10-24(44)7)16-41-36(43-34)47-20-37(17-40)18-46-19-37/h8-9,14-16,21-24,45H,10,12,17-20,40H2,1-7H3/t24-/m0/s1. The van der Waals surface area contributed by atoms with Crippen molar-refractivity contribution in [3.05, 3.63) is 47.7 Å². The van der Waals surface area contributed by atoms with E-state index in [4.69, 9.17) is 20.2 Å². The van der Waals surface area contributed by atoms with Crippen molar-refractivity contribution in [3.63, 3.8) is 0 Å². The first kappa shape index (κ1) is 34.0. The number of nitrogens with zero attached hydrogens (tertiary/aromatic N) is 4. The van der Waals surface area contributed by atoms with E-state index in [1.807, 2.05) is 0 Å². The van der Waals surface area contributed by atoms with E-state index in [0.717, 1.165) is 13.0 Å². The average molecular weight is 674 g/mol. The van der Waals surface area contributed by atoms with Crippen molar-refractivity contribution >= 4 is 35.6 Å². The molecule has 11 heteroatoms. The van der Waals surface area contributed by atoms with Gasteiger partial charge in [-0.1, -0.05) is 53.5 Å². The SMILES string of the molecule is CC(C)[Si](C#Cc1c(F)ccc2cc(O)cc(-c3nc(N4CC[C@@H]4C)c4cnc(OCC5(CN)COC5)nc4c3F)c12)(C(C)C)C(C)C. The zero-order valence-electron chi connectivity index (χ0n) is 28.8. The van der Waals surface area contributed by atoms with Crippen LogP contribution in [-0.2, 0) is 4.74 Å². The van der Waals surface area contributed by atoms with Gasteiger partial charge in [0.05, 0.1) is 29.6 Å². The Balaban J connectivity index is 1.59. The zero-order chi connectivity index (χ0) is 34.5. The molecule has 8 nitrogen and oxygen atoms in total. The van der Waals surface area contributed by atoms with Crippen LogP contribution in [0.15, 0.2) is 30.5 Å². The van der Waals surface area contributed by atoms with E-state index < -0.39 is 19.7 Å². The zero-order valence-corrected chi connectivity index (χ0v) is 29.8. The van der Waals surface area contributed by atoms with Crippen molar-refractivity contribution in [2.24, 2.45) is 11.1 Å². The summed E-state index contributed by atoms with van der Waals surface area (Å²) in [5.74, 6) is 2.47. The Morgan fingerprint density at radius 3 is 2.38 bits per heavy atom. The van der Waals surface area contributed by atoms with Crippen molar-refractivity contribution in [2.45, 2.75) is 77.6 Å². The molecule has 3 N–H and O–H groups in total. The Morgan fingerprint density at radius 2 is 1.81 bits per heavy atom. The molecule has 0 bridgehead atoms. The first-order valence-electron chi connectivity index (χ1n) is 16.8. The van der Waals surface area contributed by atoms with Gasteiger partial charge in [0.25, 0.3) is 0 Å². The summed E-state index contributed by atoms with van der Waals surface area (Å²) in [5.41, 5.74) is 10.6. The molecule has 2 aromatic carbocycles. The van der Waals surface area contributed by atoms with Gasteiger partial charge in [0.15, 0.2) is 5.82 Å². The van der Waals surface area contributed by atoms with Gasteiger partial charge >= 0.3 is 6.01 Å². The van der Waals surface area contributed by atoms with Gasteiger partial charge in [-0.25, -0.2) is 18.7 Å². The minimum atomic E-state index is -2.25. The Hall–Kier alpha value is -3.85. The predicted octanol–water partition coefficient (Wildman–Crippen LogP) is 7.35. The van der Waals surface area contributed by atoms with Crippen LogP contribution in [0.4, 0.5) is 14.6 Å². The predicted molar refractivity (Wildman–Crippen MR) is 189 cm³/mol. The molecule has 2 fully saturated rings. The third kappa shape index (κ3) is 5.67. The Bertz CT molecular complexity index is 1910. The molecule has 0 spiro atoms. The largest absolute Gasteiger partial charge is 0.508 e. The number of halogens is 2. The smallest absolute Gasteiger partial charge is 0.317 e. The minimum Gasteiger partial charge on any atom is -0.508 e. The number of hydrogen-bond acceptors (Lipinski definition) is 8. The first-order chi connectivity index (χ1) is 22.8. The highest BCUT2D eigenvalue weighted by Crippen LogP contribution is 2.43. The van der Waals surface area contributed by atoms with Crippen molar-refractivity contribution in [3.8, 4) is 34.5 Å². The molecule has 2 aliphatic heterocycles. The van der Waals surface area contributed by atoms with E-state index in [9.17, 15) is 5.11 Å². The number of benzene rings is 2. The summed E-state index contributed by atoms with van der Waals surface area (Å²) in [5, 5.41) is 12.3. The highest BCUT2D eigenvalue weighted by atomic mass is 28.3. The van der Waals surface area contributed by atoms with Gasteiger partial charge in [-0.2, -0.15) is 4.98 Å². The van der Waals surface area contributed by atoms with Crippen LogP contribution in [0.3, 0.4) is 0 Å². The second-order valence-electron chi connectivity index (χ2n) is 14.5. The summed E-state index contributed by atoms with van der Waals surface area (Å²) in [4.78, 5) is 15.9. The van der Waals surface area contributed by atoms with Gasteiger partial charge in [-0.15, -0.1) is 5.54 Å². The molecule has 6 rings (SSSR count). The molecule has 0 saturated carbocycles. The third-order valence-electron chi connectivity index (χ3n) is 10.6. The third-order valence-corrected chi connectivity index (χ3v) is 16.9. The molecular weight excluding hydrogens is 629 g/mol. The van der Waals surface area contributed by atoms with E-state index in [-0.39, 0.29) is 52.2 Å². The van der Waals surface area contributed by atoms with Crippen molar-refractivity contribution in [2.75, 3.05) is 37.8 Å². The van der Waals surface area contributed by atoms with Crippen molar-refractivity contribution in [1.29, 1.82) is 0 Å². The molecule has 4 aromatic rings. The van der Waals surface area contributed by atoms with Gasteiger partial charge < -0.3 is 25.2 Å². The minimum absolute atomic E-state index is 0.0107. The van der Waals surface area contributed by atoms with Gasteiger partial charge in [-0.3, -0.25) is 0 Å². The highest BCUT2D eigenvalue weighted by molar-refractivity contribution is 6.90. The van der Waals surface area contributed by atoms with Gasteiger partial charge in [0.1, 0.15) is 43.3 Å².